The van der Waals surface area contributed by atoms with E-state index in [1.54, 1.807) is 0 Å². The van der Waals surface area contributed by atoms with Crippen LogP contribution in [0.2, 0.25) is 125 Å². The minimum absolute atomic E-state index is 0.00177. The van der Waals surface area contributed by atoms with Crippen LogP contribution in [-0.4, -0.2) is 134 Å². The van der Waals surface area contributed by atoms with E-state index in [9.17, 15) is 19.2 Å². The van der Waals surface area contributed by atoms with Crippen molar-refractivity contribution in [3.63, 3.8) is 0 Å². The Balaban J connectivity index is 0.00000162. The Bertz CT molecular complexity index is 3550. The molecule has 133 heavy (non-hydrogen) atoms. The summed E-state index contributed by atoms with van der Waals surface area (Å²) in [7, 11) is 41.7. The van der Waals surface area contributed by atoms with Gasteiger partial charge in [0, 0.05) is 0 Å². The average molecular weight is 2440 g/mol. The Morgan fingerprint density at radius 2 is 0.474 bits per heavy atom. The van der Waals surface area contributed by atoms with Crippen molar-refractivity contribution >= 4 is 160 Å². The number of esters is 4. The monoisotopic (exact) mass is 2440 g/mol. The molecule has 0 spiro atoms. The Labute approximate surface area is 864 Å². The third kappa shape index (κ3) is 62.6. The van der Waals surface area contributed by atoms with Crippen LogP contribution in [0.1, 0.15) is 280 Å². The van der Waals surface area contributed by atoms with Crippen molar-refractivity contribution < 1.29 is 111 Å². The van der Waals surface area contributed by atoms with Crippen molar-refractivity contribution in [1.82, 2.24) is 0 Å². The second-order valence-electron chi connectivity index (χ2n) is 40.5. The van der Waals surface area contributed by atoms with Gasteiger partial charge < -0.3 is 25.7 Å². The van der Waals surface area contributed by atoms with E-state index < -0.39 is 94.4 Å². The van der Waals surface area contributed by atoms with Gasteiger partial charge in [-0.25, -0.2) is 0 Å². The molecule has 0 aliphatic heterocycles. The first-order valence-corrected chi connectivity index (χ1v) is 87.9. The molecule has 4 aromatic rings. The molecule has 0 heterocycles. The molecule has 0 aromatic heterocycles. The fourth-order valence-corrected chi connectivity index (χ4v) is 40.9. The molecule has 0 N–H and O–H groups in total. The maximum atomic E-state index is 13.2. The summed E-state index contributed by atoms with van der Waals surface area (Å²) in [5, 5.41) is 0. The second kappa shape index (κ2) is 70.9. The maximum absolute atomic E-state index is 13.2. The van der Waals surface area contributed by atoms with Crippen LogP contribution in [0.4, 0.5) is 0 Å². The summed E-state index contributed by atoms with van der Waals surface area (Å²) in [6.07, 6.45) is 43.8. The van der Waals surface area contributed by atoms with Gasteiger partial charge in [-0.05, 0) is 0 Å². The minimum Gasteiger partial charge on any atom is -0.328 e. The second-order valence-corrected chi connectivity index (χ2v) is 89.8. The number of hydrogen-bond donors (Lipinski definition) is 0. The van der Waals surface area contributed by atoms with Crippen molar-refractivity contribution in [2.75, 3.05) is 26.4 Å². The van der Waals surface area contributed by atoms with E-state index >= 15 is 0 Å². The summed E-state index contributed by atoms with van der Waals surface area (Å²) in [5.74, 6) is 2.23. The molecule has 4 aliphatic carbocycles. The Hall–Kier alpha value is -0.662. The van der Waals surface area contributed by atoms with Crippen molar-refractivity contribution in [2.24, 2.45) is 0 Å². The molecule has 12 nitrogen and oxygen atoms in total. The van der Waals surface area contributed by atoms with Crippen LogP contribution >= 0.6 is 77.5 Å². The van der Waals surface area contributed by atoms with Gasteiger partial charge in [0.1, 0.15) is 0 Å². The van der Waals surface area contributed by atoms with Crippen molar-refractivity contribution in [3.8, 4) is 23.0 Å². The molecule has 0 unspecified atom stereocenters. The van der Waals surface area contributed by atoms with Crippen LogP contribution in [0.3, 0.4) is 0 Å². The summed E-state index contributed by atoms with van der Waals surface area (Å²) < 4.78 is 55.3. The molecule has 0 amide bonds. The summed E-state index contributed by atoms with van der Waals surface area (Å²) in [6.45, 7) is 37.9. The van der Waals surface area contributed by atoms with Gasteiger partial charge in [0.05, 0.1) is 8.07 Å². The van der Waals surface area contributed by atoms with Crippen molar-refractivity contribution in [1.29, 1.82) is 0 Å². The smallest absolute Gasteiger partial charge is 0.0829 e. The van der Waals surface area contributed by atoms with E-state index in [2.05, 4.69) is 78.1 Å². The van der Waals surface area contributed by atoms with Crippen LogP contribution < -0.4 is 18.9 Å². The molecule has 0 saturated heterocycles. The van der Waals surface area contributed by atoms with Gasteiger partial charge >= 0.3 is 611 Å². The Morgan fingerprint density at radius 1 is 0.293 bits per heavy atom. The van der Waals surface area contributed by atoms with E-state index in [0.717, 1.165) is 117 Å². The molecule has 0 bridgehead atoms. The van der Waals surface area contributed by atoms with Crippen LogP contribution in [0.15, 0.2) is 72.8 Å². The predicted octanol–water partition coefficient (Wildman–Crippen LogP) is 32.6. The number of benzene rings is 4. The normalized spacial score (nSPS) is 14.4. The topological polar surface area (TPSA) is 142 Å². The van der Waals surface area contributed by atoms with Crippen LogP contribution in [0.25, 0.3) is 0 Å². The first kappa shape index (κ1) is 125. The zero-order valence-electron chi connectivity index (χ0n) is 83.6. The van der Waals surface area contributed by atoms with Crippen molar-refractivity contribution in [2.45, 2.75) is 410 Å². The number of carbonyl (C=O) groups is 4. The van der Waals surface area contributed by atoms with Gasteiger partial charge in [-0.2, -0.15) is 51.4 Å². The molecular formula is C104H168Cl8O12Ru4Si5-4. The molecule has 0 atom stereocenters. The zero-order chi connectivity index (χ0) is 98.1. The zero-order valence-corrected chi connectivity index (χ0v) is 102. The Kier molecular flexibility index (Phi) is 66.5. The van der Waals surface area contributed by atoms with Gasteiger partial charge in [0.2, 0.25) is 0 Å². The van der Waals surface area contributed by atoms with E-state index in [1.165, 1.54) is 177 Å². The number of carbonyl (C=O) groups excluding carboxylic acids is 4. The van der Waals surface area contributed by atoms with Crippen LogP contribution in [-0.2, 0) is 118 Å². The predicted molar refractivity (Wildman–Crippen MR) is 575 cm³/mol. The summed E-state index contributed by atoms with van der Waals surface area (Å²) >= 11 is -8.44. The van der Waals surface area contributed by atoms with Gasteiger partial charge in [-0.15, -0.1) is 0 Å². The summed E-state index contributed by atoms with van der Waals surface area (Å²) in [4.78, 5) is 52.9. The average Bonchev–Trinajstić information content (AvgIpc) is 1.70. The standard InChI is InChI=1S/C84H132O12Si5.4C5H9.8ClH.4Ru/c1-65(2)93-77-37-29-73(61-69(77)9)33-41-81(85)89-45-21-49-97(13,14)53-25-57-101(58-26-54-98(15,16)50-22-46-90-82(86)42-34-74-30-38-78(70(10)62-74)94-66(3)4,59-27-55-99(17,18)51-23-47-91-83(87)43-35-75-31-39-79(71(11)63-75)95-67(5)6)60-28-56-100(19,20)52-24-48-92-84(88)44-36-76-32-40-80(72(12)64-76)96-68(7)8;4*1-2-4-5-3-1;;;;;;;;;;;;/h9-12,29-32,37-40,61-68H,21-28,33-36,41-60H2,1-8,13-20H3;4*1H,2-5H2;8*1H;;;;/q;4*-1;;;;;;;;;4*+2/p-8. The largest absolute Gasteiger partial charge is 0.328 e. The molecule has 8 rings (SSSR count). The first-order valence-electron chi connectivity index (χ1n) is 49.5. The molecular weight excluding hydrogens is 2270 g/mol. The number of hydrogen-bond acceptors (Lipinski definition) is 12. The first-order chi connectivity index (χ1) is 63.1. The molecule has 29 heteroatoms. The fraction of sp³-hybridized carbons (Fsp3) is 0.654. The van der Waals surface area contributed by atoms with Gasteiger partial charge in [-0.3, -0.25) is 0 Å². The van der Waals surface area contributed by atoms with E-state index in [-0.39, 0.29) is 48.3 Å². The van der Waals surface area contributed by atoms with Gasteiger partial charge in [-0.1, -0.05) is 178 Å². The maximum Gasteiger partial charge on any atom is -0.0829 e. The molecule has 768 valence electrons. The molecule has 4 fully saturated rings. The molecule has 4 aromatic carbocycles. The molecule has 0 radical (unpaired) electrons. The minimum atomic E-state index is -2.11. The molecule has 4 saturated carbocycles. The number of aryl methyl sites for hydroxylation is 4. The quantitative estimate of drug-likeness (QED) is 0.0137. The SMILES string of the molecule is CC(C)Oc1ccc(CCC(=O)OCCC[Si](C)(C)CCC[Si](CCC[Si](C)(C)CCCOC(=O)CCc2ccc(OC(C)C)c([CH]=[Ru]([Cl])[Cl])c2)(CCC[Si](C)(C)CCCOC(=O)CCc2ccc(OC(C)C)c([CH]=[Ru]([Cl])[Cl])c2)CCC[Si](C)(C)CCCOC(=O)CCc2ccc(OC(C)C)c([CH]=[Ru]([Cl])[Cl])c2)cc1[CH]=[Ru]([Cl])[Cl].[CH-]1CCCC1.[CH-]1CCCC1.[CH-]1CCCC1.[CH-]1CCCC1. The fourth-order valence-electron chi connectivity index (χ4n) is 17.2. The number of rotatable bonds is 56. The van der Waals surface area contributed by atoms with E-state index in [4.69, 9.17) is 115 Å². The third-order valence-corrected chi connectivity index (χ3v) is 51.2. The van der Waals surface area contributed by atoms with E-state index in [1.807, 2.05) is 147 Å². The van der Waals surface area contributed by atoms with Gasteiger partial charge in [0.25, 0.3) is 0 Å². The van der Waals surface area contributed by atoms with Gasteiger partial charge in [0.15, 0.2) is 0 Å². The summed E-state index contributed by atoms with van der Waals surface area (Å²) in [6, 6.07) is 38.5. The summed E-state index contributed by atoms with van der Waals surface area (Å²) in [5.41, 5.74) is 7.53. The third-order valence-electron chi connectivity index (χ3n) is 24.5. The van der Waals surface area contributed by atoms with Crippen LogP contribution in [0.5, 0.6) is 23.0 Å². The number of halogens is 8. The van der Waals surface area contributed by atoms with Crippen LogP contribution in [0, 0.1) is 25.7 Å². The number of ether oxygens (including phenoxy) is 8. The van der Waals surface area contributed by atoms with Crippen molar-refractivity contribution in [3.05, 3.63) is 143 Å². The van der Waals surface area contributed by atoms with E-state index in [0.29, 0.717) is 77.8 Å². The Morgan fingerprint density at radius 3 is 0.632 bits per heavy atom. The molecule has 4 aliphatic rings.